The molecule has 1 aromatic rings. The van der Waals surface area contributed by atoms with Crippen molar-refractivity contribution in [1.82, 2.24) is 0 Å². The molecule has 1 aliphatic rings. The van der Waals surface area contributed by atoms with E-state index in [-0.39, 0.29) is 0 Å². The molecule has 0 heterocycles. The van der Waals surface area contributed by atoms with E-state index in [2.05, 4.69) is 18.2 Å². The molecule has 1 saturated carbocycles. The van der Waals surface area contributed by atoms with E-state index in [0.717, 1.165) is 25.0 Å². The van der Waals surface area contributed by atoms with Crippen LogP contribution in [0, 0.1) is 11.3 Å². The summed E-state index contributed by atoms with van der Waals surface area (Å²) in [6.45, 7) is 0. The number of hydrogen-bond donors (Lipinski definition) is 1. The standard InChI is InChI=1S/C13H16N2O/c1-16-12-4-2-10(3-5-12)11-6-7-13(15,8-11)9-14/h2-5,11H,6-8,15H2,1H3/t11-,13?/m1/s1. The number of benzene rings is 1. The fourth-order valence-corrected chi connectivity index (χ4v) is 2.34. The van der Waals surface area contributed by atoms with Crippen LogP contribution in [0.5, 0.6) is 5.75 Å². The topological polar surface area (TPSA) is 59.0 Å². The SMILES string of the molecule is COc1ccc([C@@H]2CCC(N)(C#N)C2)cc1. The molecule has 84 valence electrons. The molecule has 1 unspecified atom stereocenters. The molecule has 3 heteroatoms. The summed E-state index contributed by atoms with van der Waals surface area (Å²) in [6.07, 6.45) is 2.55. The molecule has 0 saturated heterocycles. The summed E-state index contributed by atoms with van der Waals surface area (Å²) in [7, 11) is 1.66. The maximum atomic E-state index is 8.98. The van der Waals surface area contributed by atoms with Gasteiger partial charge in [0.2, 0.25) is 0 Å². The molecule has 2 N–H and O–H groups in total. The highest BCUT2D eigenvalue weighted by molar-refractivity contribution is 5.31. The summed E-state index contributed by atoms with van der Waals surface area (Å²) in [5.74, 6) is 1.27. The van der Waals surface area contributed by atoms with Crippen LogP contribution in [0.25, 0.3) is 0 Å². The molecule has 0 bridgehead atoms. The molecule has 1 fully saturated rings. The Balaban J connectivity index is 2.12. The highest BCUT2D eigenvalue weighted by Crippen LogP contribution is 2.39. The van der Waals surface area contributed by atoms with Crippen molar-refractivity contribution in [2.75, 3.05) is 7.11 Å². The molecule has 1 aliphatic carbocycles. The van der Waals surface area contributed by atoms with Gasteiger partial charge in [0.25, 0.3) is 0 Å². The first-order chi connectivity index (χ1) is 7.67. The van der Waals surface area contributed by atoms with Crippen LogP contribution in [0.15, 0.2) is 24.3 Å². The smallest absolute Gasteiger partial charge is 0.118 e. The Kier molecular flexibility index (Phi) is 2.84. The van der Waals surface area contributed by atoms with Gasteiger partial charge < -0.3 is 10.5 Å². The number of ether oxygens (including phenoxy) is 1. The molecular formula is C13H16N2O. The summed E-state index contributed by atoms with van der Waals surface area (Å²) in [5.41, 5.74) is 6.59. The molecule has 1 aromatic carbocycles. The van der Waals surface area contributed by atoms with Gasteiger partial charge in [0.05, 0.1) is 13.2 Å². The summed E-state index contributed by atoms with van der Waals surface area (Å²) in [6, 6.07) is 10.3. The third-order valence-corrected chi connectivity index (χ3v) is 3.36. The minimum atomic E-state index is -0.620. The van der Waals surface area contributed by atoms with E-state index in [1.165, 1.54) is 5.56 Å². The van der Waals surface area contributed by atoms with Crippen LogP contribution in [-0.4, -0.2) is 12.6 Å². The molecule has 16 heavy (non-hydrogen) atoms. The van der Waals surface area contributed by atoms with Crippen LogP contribution >= 0.6 is 0 Å². The van der Waals surface area contributed by atoms with Crippen molar-refractivity contribution in [2.45, 2.75) is 30.7 Å². The molecule has 0 aromatic heterocycles. The molecule has 0 aliphatic heterocycles. The Morgan fingerprint density at radius 1 is 1.44 bits per heavy atom. The Bertz CT molecular complexity index is 407. The number of nitrogens with two attached hydrogens (primary N) is 1. The molecular weight excluding hydrogens is 200 g/mol. The average molecular weight is 216 g/mol. The van der Waals surface area contributed by atoms with Crippen molar-refractivity contribution in [3.63, 3.8) is 0 Å². The lowest BCUT2D eigenvalue weighted by atomic mass is 9.94. The monoisotopic (exact) mass is 216 g/mol. The largest absolute Gasteiger partial charge is 0.497 e. The zero-order valence-corrected chi connectivity index (χ0v) is 9.44. The van der Waals surface area contributed by atoms with E-state index in [1.807, 2.05) is 12.1 Å². The maximum Gasteiger partial charge on any atom is 0.118 e. The fraction of sp³-hybridized carbons (Fsp3) is 0.462. The minimum Gasteiger partial charge on any atom is -0.497 e. The predicted molar refractivity (Wildman–Crippen MR) is 62.1 cm³/mol. The Hall–Kier alpha value is -1.53. The van der Waals surface area contributed by atoms with Crippen LogP contribution in [0.4, 0.5) is 0 Å². The summed E-state index contributed by atoms with van der Waals surface area (Å²) >= 11 is 0. The first kappa shape index (κ1) is 11.0. The molecule has 2 atom stereocenters. The molecule has 0 amide bonds. The number of rotatable bonds is 2. The van der Waals surface area contributed by atoms with Crippen LogP contribution in [0.3, 0.4) is 0 Å². The lowest BCUT2D eigenvalue weighted by molar-refractivity contribution is 0.414. The van der Waals surface area contributed by atoms with E-state index in [1.54, 1.807) is 7.11 Å². The molecule has 0 spiro atoms. The van der Waals surface area contributed by atoms with Crippen LogP contribution in [0.1, 0.15) is 30.7 Å². The second-order valence-corrected chi connectivity index (χ2v) is 4.48. The third kappa shape index (κ3) is 2.02. The highest BCUT2D eigenvalue weighted by atomic mass is 16.5. The van der Waals surface area contributed by atoms with E-state index in [0.29, 0.717) is 5.92 Å². The van der Waals surface area contributed by atoms with Gasteiger partial charge in [-0.15, -0.1) is 0 Å². The van der Waals surface area contributed by atoms with Gasteiger partial charge in [0.1, 0.15) is 11.3 Å². The van der Waals surface area contributed by atoms with Gasteiger partial charge >= 0.3 is 0 Å². The minimum absolute atomic E-state index is 0.413. The van der Waals surface area contributed by atoms with Crippen molar-refractivity contribution >= 4 is 0 Å². The second-order valence-electron chi connectivity index (χ2n) is 4.48. The van der Waals surface area contributed by atoms with Gasteiger partial charge in [-0.3, -0.25) is 0 Å². The van der Waals surface area contributed by atoms with Crippen molar-refractivity contribution < 1.29 is 4.74 Å². The number of nitriles is 1. The number of hydrogen-bond acceptors (Lipinski definition) is 3. The van der Waals surface area contributed by atoms with E-state index < -0.39 is 5.54 Å². The molecule has 2 rings (SSSR count). The van der Waals surface area contributed by atoms with Gasteiger partial charge in [0, 0.05) is 0 Å². The van der Waals surface area contributed by atoms with Gasteiger partial charge in [-0.2, -0.15) is 5.26 Å². The number of nitrogens with zero attached hydrogens (tertiary/aromatic N) is 1. The van der Waals surface area contributed by atoms with E-state index in [9.17, 15) is 0 Å². The van der Waals surface area contributed by atoms with Crippen LogP contribution < -0.4 is 10.5 Å². The van der Waals surface area contributed by atoms with Gasteiger partial charge in [0.15, 0.2) is 0 Å². The van der Waals surface area contributed by atoms with Gasteiger partial charge in [-0.1, -0.05) is 12.1 Å². The summed E-state index contributed by atoms with van der Waals surface area (Å²) in [4.78, 5) is 0. The Labute approximate surface area is 95.8 Å². The van der Waals surface area contributed by atoms with E-state index >= 15 is 0 Å². The van der Waals surface area contributed by atoms with Gasteiger partial charge in [-0.25, -0.2) is 0 Å². The third-order valence-electron chi connectivity index (χ3n) is 3.36. The summed E-state index contributed by atoms with van der Waals surface area (Å²) in [5, 5.41) is 8.98. The zero-order chi connectivity index (χ0) is 11.6. The van der Waals surface area contributed by atoms with Gasteiger partial charge in [-0.05, 0) is 42.9 Å². The number of methoxy groups -OCH3 is 1. The van der Waals surface area contributed by atoms with Crippen molar-refractivity contribution in [2.24, 2.45) is 5.73 Å². The first-order valence-electron chi connectivity index (χ1n) is 5.51. The van der Waals surface area contributed by atoms with Crippen LogP contribution in [0.2, 0.25) is 0 Å². The zero-order valence-electron chi connectivity index (χ0n) is 9.44. The Morgan fingerprint density at radius 3 is 2.62 bits per heavy atom. The van der Waals surface area contributed by atoms with Crippen LogP contribution in [-0.2, 0) is 0 Å². The van der Waals surface area contributed by atoms with Crippen molar-refractivity contribution in [3.05, 3.63) is 29.8 Å². The van der Waals surface area contributed by atoms with Crippen molar-refractivity contribution in [1.29, 1.82) is 5.26 Å². The fourth-order valence-electron chi connectivity index (χ4n) is 2.34. The second kappa shape index (κ2) is 4.15. The maximum absolute atomic E-state index is 8.98. The Morgan fingerprint density at radius 2 is 2.12 bits per heavy atom. The predicted octanol–water partition coefficient (Wildman–Crippen LogP) is 2.18. The molecule has 3 nitrogen and oxygen atoms in total. The average Bonchev–Trinajstić information content (AvgIpc) is 2.73. The molecule has 0 radical (unpaired) electrons. The summed E-state index contributed by atoms with van der Waals surface area (Å²) < 4.78 is 5.12. The van der Waals surface area contributed by atoms with E-state index in [4.69, 9.17) is 15.7 Å². The lowest BCUT2D eigenvalue weighted by Crippen LogP contribution is -2.34. The normalized spacial score (nSPS) is 28.7. The van der Waals surface area contributed by atoms with Crippen molar-refractivity contribution in [3.8, 4) is 11.8 Å². The highest BCUT2D eigenvalue weighted by Gasteiger charge is 2.36. The lowest BCUT2D eigenvalue weighted by Gasteiger charge is -2.14. The first-order valence-corrected chi connectivity index (χ1v) is 5.51. The quantitative estimate of drug-likeness (QED) is 0.824.